The van der Waals surface area contributed by atoms with Crippen LogP contribution in [0.2, 0.25) is 0 Å². The summed E-state index contributed by atoms with van der Waals surface area (Å²) in [5.74, 6) is 0.734. The number of tetrazole rings is 1. The van der Waals surface area contributed by atoms with Gasteiger partial charge in [-0.05, 0) is 0 Å². The number of hydrogen-bond donors (Lipinski definition) is 2. The van der Waals surface area contributed by atoms with Gasteiger partial charge in [-0.1, -0.05) is 5.21 Å². The molecule has 1 aliphatic heterocycles. The number of hydrogen-bond acceptors (Lipinski definition) is 5. The molecular formula is C6H11N5O. The first-order valence-electron chi connectivity index (χ1n) is 3.98. The van der Waals surface area contributed by atoms with Crippen LogP contribution in [0, 0.1) is 0 Å². The average Bonchev–Trinajstić information content (AvgIpc) is 2.59. The molecule has 12 heavy (non-hydrogen) atoms. The van der Waals surface area contributed by atoms with E-state index in [1.165, 1.54) is 0 Å². The molecule has 0 aliphatic carbocycles. The molecule has 1 aromatic rings. The molecule has 1 fully saturated rings. The second kappa shape index (κ2) is 3.59. The van der Waals surface area contributed by atoms with Gasteiger partial charge in [0, 0.05) is 19.0 Å². The predicted octanol–water partition coefficient (Wildman–Crippen LogP) is -1.27. The van der Waals surface area contributed by atoms with Gasteiger partial charge in [-0.3, -0.25) is 0 Å². The van der Waals surface area contributed by atoms with Crippen LogP contribution in [-0.2, 0) is 11.2 Å². The van der Waals surface area contributed by atoms with Crippen LogP contribution in [0.4, 0.5) is 0 Å². The van der Waals surface area contributed by atoms with Gasteiger partial charge in [0.15, 0.2) is 5.82 Å². The van der Waals surface area contributed by atoms with E-state index in [-0.39, 0.29) is 0 Å². The molecule has 2 heterocycles. The Kier molecular flexibility index (Phi) is 2.28. The van der Waals surface area contributed by atoms with Crippen LogP contribution in [0.5, 0.6) is 0 Å². The summed E-state index contributed by atoms with van der Waals surface area (Å²) in [6.07, 6.45) is 0.774. The standard InChI is InChI=1S/C6H11N5O/c1-2-12-4-5(7-1)3-6-8-10-11-9-6/h5,7H,1-4H2,(H,8,9,10,11)/t5-/m0/s1. The molecule has 2 N–H and O–H groups in total. The first kappa shape index (κ1) is 7.63. The number of H-pyrrole nitrogens is 1. The van der Waals surface area contributed by atoms with Crippen LogP contribution in [0.1, 0.15) is 5.82 Å². The summed E-state index contributed by atoms with van der Waals surface area (Å²) in [5.41, 5.74) is 0. The Hall–Kier alpha value is -1.01. The summed E-state index contributed by atoms with van der Waals surface area (Å²) in [6.45, 7) is 2.43. The summed E-state index contributed by atoms with van der Waals surface area (Å²) in [6, 6.07) is 0.330. The third-order valence-corrected chi connectivity index (χ3v) is 1.82. The van der Waals surface area contributed by atoms with Gasteiger partial charge < -0.3 is 10.1 Å². The lowest BCUT2D eigenvalue weighted by molar-refractivity contribution is 0.0764. The molecule has 0 spiro atoms. The molecule has 0 radical (unpaired) electrons. The number of morpholine rings is 1. The van der Waals surface area contributed by atoms with E-state index < -0.39 is 0 Å². The summed E-state index contributed by atoms with van der Waals surface area (Å²) in [4.78, 5) is 0. The maximum Gasteiger partial charge on any atom is 0.176 e. The summed E-state index contributed by atoms with van der Waals surface area (Å²) < 4.78 is 5.28. The van der Waals surface area contributed by atoms with Gasteiger partial charge >= 0.3 is 0 Å². The van der Waals surface area contributed by atoms with Crippen molar-refractivity contribution >= 4 is 0 Å². The van der Waals surface area contributed by atoms with Crippen molar-refractivity contribution in [3.63, 3.8) is 0 Å². The molecular weight excluding hydrogens is 158 g/mol. The van der Waals surface area contributed by atoms with Crippen molar-refractivity contribution in [2.24, 2.45) is 0 Å². The van der Waals surface area contributed by atoms with E-state index >= 15 is 0 Å². The number of nitrogens with zero attached hydrogens (tertiary/aromatic N) is 3. The molecule has 1 aliphatic rings. The Morgan fingerprint density at radius 3 is 3.25 bits per heavy atom. The van der Waals surface area contributed by atoms with Crippen molar-refractivity contribution in [2.75, 3.05) is 19.8 Å². The van der Waals surface area contributed by atoms with Crippen LogP contribution < -0.4 is 5.32 Å². The Balaban J connectivity index is 1.86. The van der Waals surface area contributed by atoms with Gasteiger partial charge in [0.1, 0.15) is 0 Å². The Bertz CT molecular complexity index is 218. The Labute approximate surface area is 69.7 Å². The Morgan fingerprint density at radius 1 is 1.58 bits per heavy atom. The minimum Gasteiger partial charge on any atom is -0.379 e. The molecule has 0 amide bonds. The predicted molar refractivity (Wildman–Crippen MR) is 40.5 cm³/mol. The molecule has 6 nitrogen and oxygen atoms in total. The van der Waals surface area contributed by atoms with Gasteiger partial charge in [-0.25, -0.2) is 0 Å². The van der Waals surface area contributed by atoms with Crippen LogP contribution in [0.25, 0.3) is 0 Å². The van der Waals surface area contributed by atoms with Gasteiger partial charge in [0.25, 0.3) is 0 Å². The zero-order valence-electron chi connectivity index (χ0n) is 6.66. The van der Waals surface area contributed by atoms with E-state index in [1.54, 1.807) is 0 Å². The number of aromatic nitrogens is 4. The first-order chi connectivity index (χ1) is 5.95. The van der Waals surface area contributed by atoms with Gasteiger partial charge in [0.2, 0.25) is 0 Å². The minimum absolute atomic E-state index is 0.330. The van der Waals surface area contributed by atoms with Crippen LogP contribution >= 0.6 is 0 Å². The van der Waals surface area contributed by atoms with E-state index in [1.807, 2.05) is 0 Å². The summed E-state index contributed by atoms with van der Waals surface area (Å²) in [7, 11) is 0. The molecule has 0 bridgehead atoms. The highest BCUT2D eigenvalue weighted by molar-refractivity contribution is 4.85. The molecule has 0 aromatic carbocycles. The zero-order chi connectivity index (χ0) is 8.23. The summed E-state index contributed by atoms with van der Waals surface area (Å²) >= 11 is 0. The van der Waals surface area contributed by atoms with Crippen molar-refractivity contribution in [3.8, 4) is 0 Å². The smallest absolute Gasteiger partial charge is 0.176 e. The fourth-order valence-corrected chi connectivity index (χ4v) is 1.24. The first-order valence-corrected chi connectivity index (χ1v) is 3.98. The number of nitrogens with one attached hydrogen (secondary N) is 2. The largest absolute Gasteiger partial charge is 0.379 e. The van der Waals surface area contributed by atoms with Crippen molar-refractivity contribution in [1.82, 2.24) is 25.9 Å². The minimum atomic E-state index is 0.330. The molecule has 0 saturated carbocycles. The molecule has 1 atom stereocenters. The molecule has 0 unspecified atom stereocenters. The average molecular weight is 169 g/mol. The Morgan fingerprint density at radius 2 is 2.58 bits per heavy atom. The maximum atomic E-state index is 5.28. The molecule has 6 heteroatoms. The van der Waals surface area contributed by atoms with Gasteiger partial charge in [-0.15, -0.1) is 10.2 Å². The number of aromatic amines is 1. The number of ether oxygens (including phenoxy) is 1. The molecule has 1 aromatic heterocycles. The van der Waals surface area contributed by atoms with E-state index in [0.717, 1.165) is 32.0 Å². The van der Waals surface area contributed by atoms with E-state index in [4.69, 9.17) is 4.74 Å². The third kappa shape index (κ3) is 1.77. The topological polar surface area (TPSA) is 75.7 Å². The zero-order valence-corrected chi connectivity index (χ0v) is 6.66. The van der Waals surface area contributed by atoms with Crippen LogP contribution in [-0.4, -0.2) is 46.4 Å². The van der Waals surface area contributed by atoms with E-state index in [2.05, 4.69) is 25.9 Å². The van der Waals surface area contributed by atoms with Gasteiger partial charge in [-0.2, -0.15) is 5.21 Å². The summed E-state index contributed by atoms with van der Waals surface area (Å²) in [5, 5.41) is 16.9. The molecule has 66 valence electrons. The lowest BCUT2D eigenvalue weighted by atomic mass is 10.2. The van der Waals surface area contributed by atoms with E-state index in [9.17, 15) is 0 Å². The second-order valence-electron chi connectivity index (χ2n) is 2.76. The van der Waals surface area contributed by atoms with Crippen LogP contribution in [0.15, 0.2) is 0 Å². The van der Waals surface area contributed by atoms with Crippen molar-refractivity contribution in [3.05, 3.63) is 5.82 Å². The third-order valence-electron chi connectivity index (χ3n) is 1.82. The highest BCUT2D eigenvalue weighted by Crippen LogP contribution is 1.98. The van der Waals surface area contributed by atoms with Crippen molar-refractivity contribution in [1.29, 1.82) is 0 Å². The second-order valence-corrected chi connectivity index (χ2v) is 2.76. The quantitative estimate of drug-likeness (QED) is 0.577. The molecule has 2 rings (SSSR count). The van der Waals surface area contributed by atoms with Gasteiger partial charge in [0.05, 0.1) is 13.2 Å². The van der Waals surface area contributed by atoms with Crippen LogP contribution in [0.3, 0.4) is 0 Å². The van der Waals surface area contributed by atoms with E-state index in [0.29, 0.717) is 6.04 Å². The van der Waals surface area contributed by atoms with Crippen molar-refractivity contribution < 1.29 is 4.74 Å². The highest BCUT2D eigenvalue weighted by atomic mass is 16.5. The maximum absolute atomic E-state index is 5.28. The van der Waals surface area contributed by atoms with Crippen molar-refractivity contribution in [2.45, 2.75) is 12.5 Å². The lowest BCUT2D eigenvalue weighted by Crippen LogP contribution is -2.42. The highest BCUT2D eigenvalue weighted by Gasteiger charge is 2.15. The molecule has 1 saturated heterocycles. The lowest BCUT2D eigenvalue weighted by Gasteiger charge is -2.22. The fraction of sp³-hybridized carbons (Fsp3) is 0.833. The monoisotopic (exact) mass is 169 g/mol. The number of rotatable bonds is 2. The SMILES string of the molecule is C1COC[C@H](Cc2nn[nH]n2)N1. The fourth-order valence-electron chi connectivity index (χ4n) is 1.24. The normalized spacial score (nSPS) is 24.2.